The zero-order chi connectivity index (χ0) is 13.0. The van der Waals surface area contributed by atoms with Crippen molar-refractivity contribution >= 4 is 17.2 Å². The summed E-state index contributed by atoms with van der Waals surface area (Å²) in [7, 11) is 0. The fourth-order valence-electron chi connectivity index (χ4n) is 1.87. The minimum atomic E-state index is 0.132. The molecular weight excluding hydrogens is 246 g/mol. The predicted molar refractivity (Wildman–Crippen MR) is 73.4 cm³/mol. The molecule has 2 rings (SSSR count). The lowest BCUT2D eigenvalue weighted by Gasteiger charge is -2.21. The molecule has 0 bridgehead atoms. The van der Waals surface area contributed by atoms with Gasteiger partial charge in [0.15, 0.2) is 0 Å². The number of carbonyl (C=O) groups is 1. The monoisotopic (exact) mass is 267 g/mol. The Hall–Kier alpha value is -0.940. The predicted octanol–water partition coefficient (Wildman–Crippen LogP) is 2.02. The molecule has 1 N–H and O–H groups in total. The maximum Gasteiger partial charge on any atom is 0.234 e. The van der Waals surface area contributed by atoms with Gasteiger partial charge >= 0.3 is 0 Å². The van der Waals surface area contributed by atoms with E-state index in [4.69, 9.17) is 0 Å². The van der Waals surface area contributed by atoms with E-state index in [2.05, 4.69) is 22.1 Å². The number of rotatable bonds is 7. The number of amides is 1. The van der Waals surface area contributed by atoms with Gasteiger partial charge in [-0.3, -0.25) is 9.69 Å². The second kappa shape index (κ2) is 6.29. The molecule has 4 nitrogen and oxygen atoms in total. The van der Waals surface area contributed by atoms with Gasteiger partial charge in [-0.05, 0) is 26.2 Å². The van der Waals surface area contributed by atoms with Crippen LogP contribution in [0.25, 0.3) is 0 Å². The molecule has 1 saturated carbocycles. The van der Waals surface area contributed by atoms with E-state index in [1.165, 1.54) is 12.8 Å². The maximum atomic E-state index is 11.9. The van der Waals surface area contributed by atoms with Gasteiger partial charge in [-0.15, -0.1) is 11.3 Å². The maximum absolute atomic E-state index is 11.9. The molecule has 1 heterocycles. The van der Waals surface area contributed by atoms with Crippen LogP contribution in [0.2, 0.25) is 0 Å². The van der Waals surface area contributed by atoms with Crippen molar-refractivity contribution in [3.8, 4) is 0 Å². The van der Waals surface area contributed by atoms with Crippen LogP contribution < -0.4 is 5.32 Å². The molecule has 1 aliphatic carbocycles. The third-order valence-electron chi connectivity index (χ3n) is 3.25. The fraction of sp³-hybridized carbons (Fsp3) is 0.692. The van der Waals surface area contributed by atoms with Crippen molar-refractivity contribution in [1.29, 1.82) is 0 Å². The molecule has 1 unspecified atom stereocenters. The highest BCUT2D eigenvalue weighted by Crippen LogP contribution is 2.28. The van der Waals surface area contributed by atoms with Crippen molar-refractivity contribution in [2.45, 2.75) is 51.7 Å². The van der Waals surface area contributed by atoms with Crippen molar-refractivity contribution in [2.24, 2.45) is 0 Å². The first-order valence-electron chi connectivity index (χ1n) is 6.60. The number of hydrogen-bond donors (Lipinski definition) is 1. The summed E-state index contributed by atoms with van der Waals surface area (Å²) in [4.78, 5) is 18.5. The minimum absolute atomic E-state index is 0.132. The number of thiazole rings is 1. The van der Waals surface area contributed by atoms with Crippen LogP contribution in [0.5, 0.6) is 0 Å². The summed E-state index contributed by atoms with van der Waals surface area (Å²) in [6.07, 6.45) is 5.22. The minimum Gasteiger partial charge on any atom is -0.353 e. The normalized spacial score (nSPS) is 16.8. The summed E-state index contributed by atoms with van der Waals surface area (Å²) in [6.45, 7) is 5.42. The van der Waals surface area contributed by atoms with Gasteiger partial charge in [0, 0.05) is 23.7 Å². The average Bonchev–Trinajstić information content (AvgIpc) is 3.07. The molecule has 0 aliphatic heterocycles. The van der Waals surface area contributed by atoms with Crippen LogP contribution in [-0.4, -0.2) is 34.4 Å². The van der Waals surface area contributed by atoms with E-state index in [0.717, 1.165) is 18.0 Å². The number of hydrogen-bond acceptors (Lipinski definition) is 4. The van der Waals surface area contributed by atoms with Gasteiger partial charge in [0.25, 0.3) is 0 Å². The molecule has 1 fully saturated rings. The third-order valence-corrected chi connectivity index (χ3v) is 4.02. The lowest BCUT2D eigenvalue weighted by molar-refractivity contribution is -0.123. The van der Waals surface area contributed by atoms with Crippen LogP contribution >= 0.6 is 11.3 Å². The lowest BCUT2D eigenvalue weighted by atomic mass is 10.2. The average molecular weight is 267 g/mol. The summed E-state index contributed by atoms with van der Waals surface area (Å²) in [5, 5.41) is 6.11. The highest BCUT2D eigenvalue weighted by Gasteiger charge is 2.30. The summed E-state index contributed by atoms with van der Waals surface area (Å²) in [6, 6.07) is 0.843. The zero-order valence-electron chi connectivity index (χ0n) is 11.1. The molecule has 18 heavy (non-hydrogen) atoms. The molecule has 0 saturated heterocycles. The van der Waals surface area contributed by atoms with Crippen LogP contribution in [0.1, 0.15) is 38.1 Å². The van der Waals surface area contributed by atoms with Crippen molar-refractivity contribution in [3.63, 3.8) is 0 Å². The van der Waals surface area contributed by atoms with Gasteiger partial charge in [0.05, 0.1) is 13.1 Å². The van der Waals surface area contributed by atoms with E-state index >= 15 is 0 Å². The summed E-state index contributed by atoms with van der Waals surface area (Å²) in [5.74, 6) is 0.132. The van der Waals surface area contributed by atoms with Crippen LogP contribution in [0.3, 0.4) is 0 Å². The first-order chi connectivity index (χ1) is 8.69. The number of aromatic nitrogens is 1. The molecular formula is C13H21N3OS. The number of carbonyl (C=O) groups excluding carboxylic acids is 1. The van der Waals surface area contributed by atoms with E-state index < -0.39 is 0 Å². The van der Waals surface area contributed by atoms with E-state index in [0.29, 0.717) is 12.6 Å². The van der Waals surface area contributed by atoms with Crippen molar-refractivity contribution in [3.05, 3.63) is 16.6 Å². The molecule has 0 radical (unpaired) electrons. The van der Waals surface area contributed by atoms with Crippen LogP contribution in [0, 0.1) is 0 Å². The highest BCUT2D eigenvalue weighted by molar-refractivity contribution is 7.09. The Morgan fingerprint density at radius 3 is 3.00 bits per heavy atom. The van der Waals surface area contributed by atoms with Gasteiger partial charge in [0.1, 0.15) is 5.01 Å². The largest absolute Gasteiger partial charge is 0.353 e. The van der Waals surface area contributed by atoms with E-state index in [1.54, 1.807) is 11.3 Å². The quantitative estimate of drug-likeness (QED) is 0.822. The van der Waals surface area contributed by atoms with E-state index in [1.807, 2.05) is 18.5 Å². The lowest BCUT2D eigenvalue weighted by Crippen LogP contribution is -2.41. The first-order valence-corrected chi connectivity index (χ1v) is 7.48. The van der Waals surface area contributed by atoms with Gasteiger partial charge in [-0.1, -0.05) is 6.92 Å². The highest BCUT2D eigenvalue weighted by atomic mass is 32.1. The molecule has 5 heteroatoms. The third kappa shape index (κ3) is 4.07. The second-order valence-electron chi connectivity index (χ2n) is 4.94. The Kier molecular flexibility index (Phi) is 4.72. The van der Waals surface area contributed by atoms with Gasteiger partial charge in [-0.25, -0.2) is 4.98 Å². The molecule has 0 spiro atoms. The van der Waals surface area contributed by atoms with Crippen LogP contribution in [-0.2, 0) is 11.3 Å². The Balaban J connectivity index is 1.84. The Morgan fingerprint density at radius 2 is 2.44 bits per heavy atom. The van der Waals surface area contributed by atoms with Gasteiger partial charge in [0.2, 0.25) is 5.91 Å². The molecule has 1 aliphatic rings. The number of nitrogens with one attached hydrogen (secondary N) is 1. The zero-order valence-corrected chi connectivity index (χ0v) is 11.9. The Labute approximate surface area is 112 Å². The van der Waals surface area contributed by atoms with E-state index in [9.17, 15) is 4.79 Å². The van der Waals surface area contributed by atoms with Crippen LogP contribution in [0.4, 0.5) is 0 Å². The number of nitrogens with zero attached hydrogens (tertiary/aromatic N) is 2. The Morgan fingerprint density at radius 1 is 1.67 bits per heavy atom. The smallest absolute Gasteiger partial charge is 0.234 e. The SMILES string of the molecule is CCC(C)NC(=O)CN(Cc1nccs1)C1CC1. The molecule has 0 aromatic carbocycles. The van der Waals surface area contributed by atoms with E-state index in [-0.39, 0.29) is 11.9 Å². The topological polar surface area (TPSA) is 45.2 Å². The molecule has 1 atom stereocenters. The molecule has 1 amide bonds. The molecule has 100 valence electrons. The second-order valence-corrected chi connectivity index (χ2v) is 5.92. The molecule has 1 aromatic heterocycles. The summed E-state index contributed by atoms with van der Waals surface area (Å²) >= 11 is 1.66. The molecule has 1 aromatic rings. The van der Waals surface area contributed by atoms with Gasteiger partial charge in [-0.2, -0.15) is 0 Å². The van der Waals surface area contributed by atoms with Crippen molar-refractivity contribution < 1.29 is 4.79 Å². The summed E-state index contributed by atoms with van der Waals surface area (Å²) < 4.78 is 0. The standard InChI is InChI=1S/C13H21N3OS/c1-3-10(2)15-12(17)8-16(11-4-5-11)9-13-14-6-7-18-13/h6-7,10-11H,3-5,8-9H2,1-2H3,(H,15,17). The first kappa shape index (κ1) is 13.5. The van der Waals surface area contributed by atoms with Gasteiger partial charge < -0.3 is 5.32 Å². The van der Waals surface area contributed by atoms with Crippen molar-refractivity contribution in [2.75, 3.05) is 6.54 Å². The summed E-state index contributed by atoms with van der Waals surface area (Å²) in [5.41, 5.74) is 0. The fourth-order valence-corrected chi connectivity index (χ4v) is 2.51. The van der Waals surface area contributed by atoms with Crippen LogP contribution in [0.15, 0.2) is 11.6 Å². The Bertz CT molecular complexity index is 376. The van der Waals surface area contributed by atoms with Crippen molar-refractivity contribution in [1.82, 2.24) is 15.2 Å².